The number of carbonyl (C=O) groups excluding carboxylic acids is 1. The average Bonchev–Trinajstić information content (AvgIpc) is 3.48. The van der Waals surface area contributed by atoms with Gasteiger partial charge in [0.25, 0.3) is 5.91 Å². The number of nitrogens with one attached hydrogen (secondary N) is 1. The van der Waals surface area contributed by atoms with Crippen LogP contribution in [0.3, 0.4) is 0 Å². The molecular formula is C22H24N3O4+. The molecule has 150 valence electrons. The number of ether oxygens (including phenoxy) is 1. The van der Waals surface area contributed by atoms with Crippen LogP contribution in [0.2, 0.25) is 0 Å². The van der Waals surface area contributed by atoms with Gasteiger partial charge in [-0.3, -0.25) is 4.79 Å². The molecule has 0 saturated carbocycles. The van der Waals surface area contributed by atoms with Crippen LogP contribution in [0.1, 0.15) is 29.5 Å². The zero-order valence-corrected chi connectivity index (χ0v) is 16.5. The summed E-state index contributed by atoms with van der Waals surface area (Å²) in [4.78, 5) is 14.1. The van der Waals surface area contributed by atoms with Crippen molar-refractivity contribution in [1.29, 1.82) is 0 Å². The normalized spacial score (nSPS) is 17.2. The van der Waals surface area contributed by atoms with Crippen molar-refractivity contribution in [2.24, 2.45) is 5.10 Å². The minimum atomic E-state index is -0.244. The Bertz CT molecular complexity index is 962. The molecule has 3 aromatic rings. The SMILES string of the molecule is COc1ccc(C2=NN(C(=O)C[NH+](C)Cc3ccco3)[C@@H](c3ccco3)C2)cc1. The highest BCUT2D eigenvalue weighted by molar-refractivity contribution is 6.03. The van der Waals surface area contributed by atoms with Crippen molar-refractivity contribution in [2.75, 3.05) is 20.7 Å². The van der Waals surface area contributed by atoms with Gasteiger partial charge in [0.05, 0.1) is 32.4 Å². The maximum absolute atomic E-state index is 13.1. The van der Waals surface area contributed by atoms with E-state index in [9.17, 15) is 4.79 Å². The molecule has 4 rings (SSSR count). The van der Waals surface area contributed by atoms with E-state index in [4.69, 9.17) is 13.6 Å². The Hall–Kier alpha value is -3.32. The summed E-state index contributed by atoms with van der Waals surface area (Å²) in [7, 11) is 3.60. The monoisotopic (exact) mass is 394 g/mol. The number of nitrogens with zero attached hydrogens (tertiary/aromatic N) is 2. The van der Waals surface area contributed by atoms with Crippen molar-refractivity contribution in [1.82, 2.24) is 5.01 Å². The van der Waals surface area contributed by atoms with Crippen LogP contribution in [0.25, 0.3) is 0 Å². The van der Waals surface area contributed by atoms with Gasteiger partial charge in [0, 0.05) is 6.42 Å². The molecule has 0 aliphatic carbocycles. The maximum atomic E-state index is 13.1. The molecular weight excluding hydrogens is 370 g/mol. The second-order valence-electron chi connectivity index (χ2n) is 7.14. The lowest BCUT2D eigenvalue weighted by molar-refractivity contribution is -0.886. The highest BCUT2D eigenvalue weighted by Crippen LogP contribution is 2.33. The van der Waals surface area contributed by atoms with Crippen LogP contribution < -0.4 is 9.64 Å². The Balaban J connectivity index is 1.53. The van der Waals surface area contributed by atoms with E-state index < -0.39 is 0 Å². The van der Waals surface area contributed by atoms with Crippen molar-refractivity contribution in [3.05, 3.63) is 78.1 Å². The number of methoxy groups -OCH3 is 1. The van der Waals surface area contributed by atoms with Crippen LogP contribution in [0.15, 0.2) is 75.0 Å². The van der Waals surface area contributed by atoms with Crippen molar-refractivity contribution >= 4 is 11.6 Å². The van der Waals surface area contributed by atoms with Crippen molar-refractivity contribution < 1.29 is 23.3 Å². The molecule has 3 heterocycles. The second kappa shape index (κ2) is 8.36. The van der Waals surface area contributed by atoms with E-state index in [2.05, 4.69) is 5.10 Å². The number of quaternary nitrogens is 1. The second-order valence-corrected chi connectivity index (χ2v) is 7.14. The predicted octanol–water partition coefficient (Wildman–Crippen LogP) is 2.27. The first kappa shape index (κ1) is 19.0. The first-order valence-corrected chi connectivity index (χ1v) is 9.55. The van der Waals surface area contributed by atoms with Crippen LogP contribution in [-0.4, -0.2) is 37.3 Å². The third-order valence-corrected chi connectivity index (χ3v) is 4.97. The fourth-order valence-electron chi connectivity index (χ4n) is 3.51. The molecule has 2 aromatic heterocycles. The Morgan fingerprint density at radius 2 is 1.93 bits per heavy atom. The largest absolute Gasteiger partial charge is 0.497 e. The lowest BCUT2D eigenvalue weighted by atomic mass is 10.0. The van der Waals surface area contributed by atoms with E-state index in [0.717, 1.165) is 33.4 Å². The Morgan fingerprint density at radius 3 is 2.59 bits per heavy atom. The third kappa shape index (κ3) is 4.25. The average molecular weight is 394 g/mol. The van der Waals surface area contributed by atoms with E-state index in [1.54, 1.807) is 24.6 Å². The van der Waals surface area contributed by atoms with Crippen LogP contribution in [-0.2, 0) is 11.3 Å². The number of carbonyl (C=O) groups is 1. The zero-order chi connectivity index (χ0) is 20.2. The molecule has 1 aromatic carbocycles. The van der Waals surface area contributed by atoms with E-state index >= 15 is 0 Å². The van der Waals surface area contributed by atoms with Gasteiger partial charge in [-0.1, -0.05) is 0 Å². The van der Waals surface area contributed by atoms with Gasteiger partial charge in [-0.2, -0.15) is 5.10 Å². The number of hydrazone groups is 1. The predicted molar refractivity (Wildman–Crippen MR) is 107 cm³/mol. The van der Waals surface area contributed by atoms with Gasteiger partial charge in [0.2, 0.25) is 0 Å². The third-order valence-electron chi connectivity index (χ3n) is 4.97. The highest BCUT2D eigenvalue weighted by atomic mass is 16.5. The molecule has 1 aliphatic rings. The van der Waals surface area contributed by atoms with Crippen LogP contribution in [0, 0.1) is 0 Å². The number of likely N-dealkylation sites (N-methyl/N-ethyl adjacent to an activating group) is 1. The van der Waals surface area contributed by atoms with Crippen LogP contribution in [0.4, 0.5) is 0 Å². The van der Waals surface area contributed by atoms with Gasteiger partial charge < -0.3 is 18.5 Å². The molecule has 1 unspecified atom stereocenters. The Morgan fingerprint density at radius 1 is 1.17 bits per heavy atom. The summed E-state index contributed by atoms with van der Waals surface area (Å²) in [5.74, 6) is 2.31. The van der Waals surface area contributed by atoms with Crippen molar-refractivity contribution in [3.8, 4) is 5.75 Å². The molecule has 1 N–H and O–H groups in total. The molecule has 0 radical (unpaired) electrons. The minimum absolute atomic E-state index is 0.0565. The van der Waals surface area contributed by atoms with Gasteiger partial charge in [-0.05, 0) is 54.1 Å². The summed E-state index contributed by atoms with van der Waals surface area (Å²) in [5.41, 5.74) is 1.82. The van der Waals surface area contributed by atoms with Gasteiger partial charge in [0.1, 0.15) is 24.1 Å². The zero-order valence-electron chi connectivity index (χ0n) is 16.5. The van der Waals surface area contributed by atoms with Gasteiger partial charge in [-0.25, -0.2) is 5.01 Å². The summed E-state index contributed by atoms with van der Waals surface area (Å²) in [6, 6.07) is 14.9. The number of rotatable bonds is 7. The quantitative estimate of drug-likeness (QED) is 0.667. The molecule has 1 aliphatic heterocycles. The summed E-state index contributed by atoms with van der Waals surface area (Å²) >= 11 is 0. The molecule has 0 spiro atoms. The topological polar surface area (TPSA) is 72.6 Å². The molecule has 29 heavy (non-hydrogen) atoms. The van der Waals surface area contributed by atoms with Gasteiger partial charge >= 0.3 is 0 Å². The van der Waals surface area contributed by atoms with E-state index in [1.807, 2.05) is 55.6 Å². The summed E-state index contributed by atoms with van der Waals surface area (Å²) in [6.07, 6.45) is 3.86. The Labute approximate surface area is 169 Å². The molecule has 7 heteroatoms. The van der Waals surface area contributed by atoms with Crippen LogP contribution >= 0.6 is 0 Å². The maximum Gasteiger partial charge on any atom is 0.298 e. The van der Waals surface area contributed by atoms with Crippen molar-refractivity contribution in [2.45, 2.75) is 19.0 Å². The molecule has 7 nitrogen and oxygen atoms in total. The molecule has 0 bridgehead atoms. The number of furan rings is 2. The first-order chi connectivity index (χ1) is 14.1. The lowest BCUT2D eigenvalue weighted by Crippen LogP contribution is -3.08. The summed E-state index contributed by atoms with van der Waals surface area (Å²) < 4.78 is 16.2. The number of hydrogen-bond donors (Lipinski definition) is 1. The van der Waals surface area contributed by atoms with Crippen LogP contribution in [0.5, 0.6) is 5.75 Å². The van der Waals surface area contributed by atoms with E-state index in [1.165, 1.54) is 0 Å². The van der Waals surface area contributed by atoms with Gasteiger partial charge in [-0.15, -0.1) is 0 Å². The highest BCUT2D eigenvalue weighted by Gasteiger charge is 2.36. The molecule has 2 atom stereocenters. The fourth-order valence-corrected chi connectivity index (χ4v) is 3.51. The summed E-state index contributed by atoms with van der Waals surface area (Å²) in [5, 5.41) is 6.22. The molecule has 0 saturated heterocycles. The summed E-state index contributed by atoms with van der Waals surface area (Å²) in [6.45, 7) is 0.935. The molecule has 1 amide bonds. The first-order valence-electron chi connectivity index (χ1n) is 9.55. The number of hydrogen-bond acceptors (Lipinski definition) is 5. The smallest absolute Gasteiger partial charge is 0.298 e. The van der Waals surface area contributed by atoms with Crippen molar-refractivity contribution in [3.63, 3.8) is 0 Å². The van der Waals surface area contributed by atoms with E-state index in [0.29, 0.717) is 19.5 Å². The minimum Gasteiger partial charge on any atom is -0.497 e. The fraction of sp³-hybridized carbons (Fsp3) is 0.273. The number of amides is 1. The molecule has 0 fully saturated rings. The standard InChI is InChI=1S/C22H23N3O4/c1-24(14-18-5-3-11-28-18)15-22(26)25-20(21-6-4-12-29-21)13-19(23-25)16-7-9-17(27-2)10-8-16/h3-12,20H,13-15H2,1-2H3/p+1/t20-/m1/s1. The lowest BCUT2D eigenvalue weighted by Gasteiger charge is -2.21. The Kier molecular flexibility index (Phi) is 5.48. The van der Waals surface area contributed by atoms with Gasteiger partial charge in [0.15, 0.2) is 12.3 Å². The van der Waals surface area contributed by atoms with E-state index in [-0.39, 0.29) is 11.9 Å². The number of benzene rings is 1.